The van der Waals surface area contributed by atoms with Crippen LogP contribution in [0.4, 0.5) is 4.39 Å². The Morgan fingerprint density at radius 3 is 2.52 bits per heavy atom. The van der Waals surface area contributed by atoms with Gasteiger partial charge in [0.05, 0.1) is 6.67 Å². The number of nitrogens with zero attached hydrogens (tertiary/aromatic N) is 1. The summed E-state index contributed by atoms with van der Waals surface area (Å²) in [6, 6.07) is 5.14. The molecule has 1 fully saturated rings. The Morgan fingerprint density at radius 1 is 1.30 bits per heavy atom. The fourth-order valence-corrected chi connectivity index (χ4v) is 2.85. The van der Waals surface area contributed by atoms with Gasteiger partial charge in [0.1, 0.15) is 17.1 Å². The Kier molecular flexibility index (Phi) is 7.58. The standard InChI is InChI=1S/C17H27FN2O2.ClH/c1-17(2,3)22-13-4-5-16(21)14(12-13)15(6-7-18)20-10-8-19-9-11-20;/h4-5,12,15,19,21H,6-11H2,1-3H3;1H/t15-;/m1./s1. The number of ether oxygens (including phenoxy) is 1. The average Bonchev–Trinajstić information content (AvgIpc) is 2.46. The predicted molar refractivity (Wildman–Crippen MR) is 93.5 cm³/mol. The molecule has 1 atom stereocenters. The second kappa shape index (κ2) is 8.71. The van der Waals surface area contributed by atoms with E-state index < -0.39 is 6.67 Å². The van der Waals surface area contributed by atoms with Crippen molar-refractivity contribution in [3.8, 4) is 11.5 Å². The predicted octanol–water partition coefficient (Wildman–Crippen LogP) is 3.30. The highest BCUT2D eigenvalue weighted by Crippen LogP contribution is 2.35. The Labute approximate surface area is 144 Å². The fourth-order valence-electron chi connectivity index (χ4n) is 2.85. The summed E-state index contributed by atoms with van der Waals surface area (Å²) in [5.74, 6) is 0.914. The van der Waals surface area contributed by atoms with Gasteiger partial charge in [-0.1, -0.05) is 0 Å². The second-order valence-corrected chi connectivity index (χ2v) is 6.71. The van der Waals surface area contributed by atoms with Crippen molar-refractivity contribution in [2.45, 2.75) is 38.8 Å². The van der Waals surface area contributed by atoms with Crippen LogP contribution >= 0.6 is 12.4 Å². The van der Waals surface area contributed by atoms with E-state index in [0.717, 1.165) is 31.7 Å². The van der Waals surface area contributed by atoms with E-state index in [1.165, 1.54) is 0 Å². The molecular weight excluding hydrogens is 319 g/mol. The van der Waals surface area contributed by atoms with E-state index in [1.54, 1.807) is 12.1 Å². The highest BCUT2D eigenvalue weighted by molar-refractivity contribution is 5.85. The molecule has 2 N–H and O–H groups in total. The first kappa shape index (κ1) is 20.0. The van der Waals surface area contributed by atoms with Gasteiger partial charge in [0.15, 0.2) is 0 Å². The van der Waals surface area contributed by atoms with Gasteiger partial charge in [-0.05, 0) is 45.4 Å². The van der Waals surface area contributed by atoms with Gasteiger partial charge in [-0.25, -0.2) is 0 Å². The molecule has 0 bridgehead atoms. The lowest BCUT2D eigenvalue weighted by atomic mass is 10.00. The molecule has 0 aliphatic carbocycles. The van der Waals surface area contributed by atoms with Crippen molar-refractivity contribution < 1.29 is 14.2 Å². The Morgan fingerprint density at radius 2 is 1.96 bits per heavy atom. The lowest BCUT2D eigenvalue weighted by molar-refractivity contribution is 0.128. The Hall–Kier alpha value is -1.04. The van der Waals surface area contributed by atoms with Crippen LogP contribution in [0.2, 0.25) is 0 Å². The van der Waals surface area contributed by atoms with Crippen LogP contribution in [0.15, 0.2) is 18.2 Å². The van der Waals surface area contributed by atoms with Gasteiger partial charge in [0, 0.05) is 37.8 Å². The molecule has 0 aromatic heterocycles. The fraction of sp³-hybridized carbons (Fsp3) is 0.647. The zero-order chi connectivity index (χ0) is 16.2. The lowest BCUT2D eigenvalue weighted by Gasteiger charge is -2.35. The van der Waals surface area contributed by atoms with Crippen molar-refractivity contribution in [2.24, 2.45) is 0 Å². The number of hydrogen-bond donors (Lipinski definition) is 2. The molecule has 0 amide bonds. The molecule has 2 rings (SSSR count). The van der Waals surface area contributed by atoms with Crippen LogP contribution in [-0.2, 0) is 0 Å². The van der Waals surface area contributed by atoms with Gasteiger partial charge in [-0.15, -0.1) is 12.4 Å². The molecule has 4 nitrogen and oxygen atoms in total. The largest absolute Gasteiger partial charge is 0.508 e. The molecule has 0 unspecified atom stereocenters. The van der Waals surface area contributed by atoms with E-state index >= 15 is 0 Å². The van der Waals surface area contributed by atoms with E-state index in [0.29, 0.717) is 12.2 Å². The number of phenols is 1. The van der Waals surface area contributed by atoms with E-state index in [9.17, 15) is 9.50 Å². The smallest absolute Gasteiger partial charge is 0.120 e. The van der Waals surface area contributed by atoms with Crippen molar-refractivity contribution in [2.75, 3.05) is 32.9 Å². The van der Waals surface area contributed by atoms with Gasteiger partial charge in [0.2, 0.25) is 0 Å². The third-order valence-corrected chi connectivity index (χ3v) is 3.76. The van der Waals surface area contributed by atoms with Crippen molar-refractivity contribution in [1.29, 1.82) is 0 Å². The second-order valence-electron chi connectivity index (χ2n) is 6.71. The summed E-state index contributed by atoms with van der Waals surface area (Å²) in [6.45, 7) is 9.03. The summed E-state index contributed by atoms with van der Waals surface area (Å²) in [4.78, 5) is 2.23. The van der Waals surface area contributed by atoms with Crippen LogP contribution in [-0.4, -0.2) is 48.5 Å². The maximum Gasteiger partial charge on any atom is 0.120 e. The molecule has 132 valence electrons. The highest BCUT2D eigenvalue weighted by Gasteiger charge is 2.25. The van der Waals surface area contributed by atoms with Crippen molar-refractivity contribution in [3.63, 3.8) is 0 Å². The van der Waals surface area contributed by atoms with Crippen molar-refractivity contribution in [1.82, 2.24) is 10.2 Å². The highest BCUT2D eigenvalue weighted by atomic mass is 35.5. The minimum Gasteiger partial charge on any atom is -0.508 e. The SMILES string of the molecule is CC(C)(C)Oc1ccc(O)c([C@@H](CCF)N2CCNCC2)c1.Cl. The third-order valence-electron chi connectivity index (χ3n) is 3.76. The van der Waals surface area contributed by atoms with Gasteiger partial charge < -0.3 is 15.2 Å². The average molecular weight is 347 g/mol. The first-order chi connectivity index (χ1) is 10.4. The van der Waals surface area contributed by atoms with E-state index in [4.69, 9.17) is 4.74 Å². The van der Waals surface area contributed by atoms with Crippen molar-refractivity contribution in [3.05, 3.63) is 23.8 Å². The van der Waals surface area contributed by atoms with Crippen LogP contribution in [0.1, 0.15) is 38.8 Å². The van der Waals surface area contributed by atoms with Crippen LogP contribution in [0, 0.1) is 0 Å². The minimum atomic E-state index is -0.404. The third kappa shape index (κ3) is 5.83. The number of alkyl halides is 1. The number of phenolic OH excluding ortho intramolecular Hbond substituents is 1. The quantitative estimate of drug-likeness (QED) is 0.858. The van der Waals surface area contributed by atoms with Crippen LogP contribution < -0.4 is 10.1 Å². The zero-order valence-corrected chi connectivity index (χ0v) is 15.0. The molecule has 0 saturated carbocycles. The number of rotatable bonds is 5. The van der Waals surface area contributed by atoms with E-state index in [1.807, 2.05) is 26.8 Å². The summed E-state index contributed by atoms with van der Waals surface area (Å²) in [5.41, 5.74) is 0.445. The van der Waals surface area contributed by atoms with E-state index in [2.05, 4.69) is 10.2 Å². The molecule has 23 heavy (non-hydrogen) atoms. The lowest BCUT2D eigenvalue weighted by Crippen LogP contribution is -2.45. The number of piperazine rings is 1. The number of halogens is 2. The molecule has 1 heterocycles. The van der Waals surface area contributed by atoms with Gasteiger partial charge in [-0.2, -0.15) is 0 Å². The van der Waals surface area contributed by atoms with Crippen LogP contribution in [0.25, 0.3) is 0 Å². The van der Waals surface area contributed by atoms with Gasteiger partial charge in [0.25, 0.3) is 0 Å². The molecule has 1 saturated heterocycles. The first-order valence-corrected chi connectivity index (χ1v) is 7.93. The monoisotopic (exact) mass is 346 g/mol. The summed E-state index contributed by atoms with van der Waals surface area (Å²) in [5, 5.41) is 13.5. The van der Waals surface area contributed by atoms with Gasteiger partial charge >= 0.3 is 0 Å². The molecule has 1 aliphatic heterocycles. The summed E-state index contributed by atoms with van der Waals surface area (Å²) in [7, 11) is 0. The molecule has 1 aliphatic rings. The number of aromatic hydroxyl groups is 1. The molecule has 0 spiro atoms. The topological polar surface area (TPSA) is 44.7 Å². The van der Waals surface area contributed by atoms with Crippen LogP contribution in [0.5, 0.6) is 11.5 Å². The first-order valence-electron chi connectivity index (χ1n) is 7.93. The molecule has 1 aromatic rings. The Balaban J connectivity index is 0.00000264. The van der Waals surface area contributed by atoms with Gasteiger partial charge in [-0.3, -0.25) is 9.29 Å². The maximum atomic E-state index is 13.0. The number of hydrogen-bond acceptors (Lipinski definition) is 4. The molecule has 1 aromatic carbocycles. The maximum absolute atomic E-state index is 13.0. The van der Waals surface area contributed by atoms with Crippen molar-refractivity contribution >= 4 is 12.4 Å². The van der Waals surface area contributed by atoms with E-state index in [-0.39, 0.29) is 29.8 Å². The normalized spacial score (nSPS) is 17.4. The zero-order valence-electron chi connectivity index (χ0n) is 14.1. The summed E-state index contributed by atoms with van der Waals surface area (Å²) in [6.07, 6.45) is 0.381. The number of nitrogens with one attached hydrogen (secondary N) is 1. The summed E-state index contributed by atoms with van der Waals surface area (Å²) < 4.78 is 18.9. The number of benzene rings is 1. The molecular formula is C17H28ClFN2O2. The summed E-state index contributed by atoms with van der Waals surface area (Å²) >= 11 is 0. The molecule has 6 heteroatoms. The molecule has 0 radical (unpaired) electrons. The minimum absolute atomic E-state index is 0. The Bertz CT molecular complexity index is 488. The van der Waals surface area contributed by atoms with Crippen LogP contribution in [0.3, 0.4) is 0 Å².